The van der Waals surface area contributed by atoms with Crippen LogP contribution in [-0.2, 0) is 4.84 Å². The van der Waals surface area contributed by atoms with Gasteiger partial charge in [0.1, 0.15) is 0 Å². The third kappa shape index (κ3) is 2.87. The summed E-state index contributed by atoms with van der Waals surface area (Å²) < 4.78 is 5.66. The van der Waals surface area contributed by atoms with E-state index in [9.17, 15) is 4.79 Å². The van der Waals surface area contributed by atoms with Gasteiger partial charge in [0.25, 0.3) is 5.91 Å². The molecule has 0 fully saturated rings. The number of carbonyl (C=O) groups is 1. The second-order valence-electron chi connectivity index (χ2n) is 4.49. The molecular formula is C16H13N3O3. The summed E-state index contributed by atoms with van der Waals surface area (Å²) in [5.74, 6) is 0.541. The zero-order valence-electron chi connectivity index (χ0n) is 11.8. The number of hydrogen-bond acceptors (Lipinski definition) is 5. The number of carbonyl (C=O) groups excluding carboxylic acids is 1. The molecule has 0 aliphatic rings. The van der Waals surface area contributed by atoms with Crippen LogP contribution in [0.3, 0.4) is 0 Å². The Hall–Kier alpha value is -2.99. The molecule has 6 heteroatoms. The fourth-order valence-corrected chi connectivity index (χ4v) is 1.95. The highest BCUT2D eigenvalue weighted by Gasteiger charge is 2.11. The summed E-state index contributed by atoms with van der Waals surface area (Å²) in [6.45, 7) is 0. The lowest BCUT2D eigenvalue weighted by atomic mass is 10.1. The average Bonchev–Trinajstić information content (AvgIpc) is 3.06. The molecule has 3 rings (SSSR count). The quantitative estimate of drug-likeness (QED) is 0.749. The third-order valence-corrected chi connectivity index (χ3v) is 3.03. The first-order valence-electron chi connectivity index (χ1n) is 6.60. The number of hydroxylamine groups is 1. The Morgan fingerprint density at radius 1 is 0.955 bits per heavy atom. The maximum absolute atomic E-state index is 11.6. The molecular weight excluding hydrogens is 282 g/mol. The topological polar surface area (TPSA) is 77.2 Å². The van der Waals surface area contributed by atoms with Crippen LogP contribution in [0.25, 0.3) is 22.9 Å². The van der Waals surface area contributed by atoms with Crippen molar-refractivity contribution in [1.82, 2.24) is 15.7 Å². The van der Waals surface area contributed by atoms with Crippen LogP contribution in [0.5, 0.6) is 0 Å². The number of hydrogen-bond donors (Lipinski definition) is 1. The van der Waals surface area contributed by atoms with E-state index in [0.29, 0.717) is 17.3 Å². The van der Waals surface area contributed by atoms with Crippen LogP contribution in [0.1, 0.15) is 10.4 Å². The van der Waals surface area contributed by atoms with E-state index < -0.39 is 0 Å². The van der Waals surface area contributed by atoms with E-state index >= 15 is 0 Å². The number of nitrogens with one attached hydrogen (secondary N) is 1. The minimum Gasteiger partial charge on any atom is -0.416 e. The smallest absolute Gasteiger partial charge is 0.274 e. The minimum absolute atomic E-state index is 0.315. The highest BCUT2D eigenvalue weighted by atomic mass is 16.6. The molecule has 1 heterocycles. The predicted molar refractivity (Wildman–Crippen MR) is 79.6 cm³/mol. The first-order valence-corrected chi connectivity index (χ1v) is 6.60. The van der Waals surface area contributed by atoms with Crippen molar-refractivity contribution in [3.05, 3.63) is 60.2 Å². The summed E-state index contributed by atoms with van der Waals surface area (Å²) in [7, 11) is 1.38. The Labute approximate surface area is 126 Å². The molecule has 0 saturated carbocycles. The molecule has 3 aromatic rings. The van der Waals surface area contributed by atoms with Gasteiger partial charge in [0.2, 0.25) is 11.8 Å². The van der Waals surface area contributed by atoms with Crippen molar-refractivity contribution in [2.75, 3.05) is 7.11 Å². The Bertz CT molecular complexity index is 767. The Morgan fingerprint density at radius 3 is 2.14 bits per heavy atom. The van der Waals surface area contributed by atoms with Gasteiger partial charge in [-0.15, -0.1) is 10.2 Å². The SMILES string of the molecule is CONC(=O)c1ccc(-c2nnc(-c3ccccc3)o2)cc1. The van der Waals surface area contributed by atoms with Gasteiger partial charge in [-0.3, -0.25) is 9.63 Å². The van der Waals surface area contributed by atoms with Crippen molar-refractivity contribution < 1.29 is 14.0 Å². The van der Waals surface area contributed by atoms with E-state index in [0.717, 1.165) is 11.1 Å². The molecule has 6 nitrogen and oxygen atoms in total. The van der Waals surface area contributed by atoms with Gasteiger partial charge in [0.05, 0.1) is 7.11 Å². The molecule has 110 valence electrons. The van der Waals surface area contributed by atoms with Crippen molar-refractivity contribution in [3.63, 3.8) is 0 Å². The van der Waals surface area contributed by atoms with Crippen molar-refractivity contribution >= 4 is 5.91 Å². The number of nitrogens with zero attached hydrogens (tertiary/aromatic N) is 2. The van der Waals surface area contributed by atoms with Crippen LogP contribution < -0.4 is 5.48 Å². The molecule has 22 heavy (non-hydrogen) atoms. The van der Waals surface area contributed by atoms with Gasteiger partial charge < -0.3 is 4.42 Å². The molecule has 0 atom stereocenters. The van der Waals surface area contributed by atoms with Crippen molar-refractivity contribution in [2.24, 2.45) is 0 Å². The largest absolute Gasteiger partial charge is 0.416 e. The highest BCUT2D eigenvalue weighted by molar-refractivity contribution is 5.93. The second kappa shape index (κ2) is 6.19. The summed E-state index contributed by atoms with van der Waals surface area (Å²) in [6, 6.07) is 16.3. The third-order valence-electron chi connectivity index (χ3n) is 3.03. The maximum Gasteiger partial charge on any atom is 0.274 e. The minimum atomic E-state index is -0.315. The van der Waals surface area contributed by atoms with Gasteiger partial charge in [-0.05, 0) is 36.4 Å². The summed E-state index contributed by atoms with van der Waals surface area (Å²) in [5, 5.41) is 8.07. The lowest BCUT2D eigenvalue weighted by molar-refractivity contribution is 0.0537. The zero-order valence-corrected chi connectivity index (χ0v) is 11.8. The molecule has 1 amide bonds. The van der Waals surface area contributed by atoms with Gasteiger partial charge in [0, 0.05) is 16.7 Å². The Morgan fingerprint density at radius 2 is 1.55 bits per heavy atom. The summed E-state index contributed by atoms with van der Waals surface area (Å²) >= 11 is 0. The van der Waals surface area contributed by atoms with Crippen LogP contribution in [0.15, 0.2) is 59.0 Å². The van der Waals surface area contributed by atoms with Crippen LogP contribution in [0, 0.1) is 0 Å². The second-order valence-corrected chi connectivity index (χ2v) is 4.49. The molecule has 0 spiro atoms. The van der Waals surface area contributed by atoms with E-state index in [1.807, 2.05) is 30.3 Å². The van der Waals surface area contributed by atoms with E-state index in [4.69, 9.17) is 4.42 Å². The highest BCUT2D eigenvalue weighted by Crippen LogP contribution is 2.23. The van der Waals surface area contributed by atoms with Gasteiger partial charge >= 0.3 is 0 Å². The molecule has 1 aromatic heterocycles. The van der Waals surface area contributed by atoms with Crippen molar-refractivity contribution in [1.29, 1.82) is 0 Å². The van der Waals surface area contributed by atoms with E-state index in [1.165, 1.54) is 7.11 Å². The van der Waals surface area contributed by atoms with Crippen LogP contribution in [0.2, 0.25) is 0 Å². The summed E-state index contributed by atoms with van der Waals surface area (Å²) in [6.07, 6.45) is 0. The Balaban J connectivity index is 1.83. The maximum atomic E-state index is 11.6. The normalized spacial score (nSPS) is 10.4. The molecule has 0 aliphatic heterocycles. The Kier molecular flexibility index (Phi) is 3.93. The standard InChI is InChI=1S/C16H13N3O3/c1-21-19-14(20)11-7-9-13(10-8-11)16-18-17-15(22-16)12-5-3-2-4-6-12/h2-10H,1H3,(H,19,20). The average molecular weight is 295 g/mol. The summed E-state index contributed by atoms with van der Waals surface area (Å²) in [4.78, 5) is 16.2. The van der Waals surface area contributed by atoms with E-state index in [-0.39, 0.29) is 5.91 Å². The monoisotopic (exact) mass is 295 g/mol. The number of benzene rings is 2. The van der Waals surface area contributed by atoms with Crippen LogP contribution in [-0.4, -0.2) is 23.2 Å². The number of amides is 1. The molecule has 0 radical (unpaired) electrons. The van der Waals surface area contributed by atoms with Gasteiger partial charge in [-0.2, -0.15) is 0 Å². The molecule has 1 N–H and O–H groups in total. The zero-order chi connectivity index (χ0) is 15.4. The van der Waals surface area contributed by atoms with Crippen LogP contribution >= 0.6 is 0 Å². The molecule has 0 unspecified atom stereocenters. The van der Waals surface area contributed by atoms with Crippen molar-refractivity contribution in [2.45, 2.75) is 0 Å². The van der Waals surface area contributed by atoms with Gasteiger partial charge in [-0.25, -0.2) is 5.48 Å². The van der Waals surface area contributed by atoms with Gasteiger partial charge in [-0.1, -0.05) is 18.2 Å². The fraction of sp³-hybridized carbons (Fsp3) is 0.0625. The van der Waals surface area contributed by atoms with Crippen LogP contribution in [0.4, 0.5) is 0 Å². The summed E-state index contributed by atoms with van der Waals surface area (Å²) in [5.41, 5.74) is 4.33. The first-order chi connectivity index (χ1) is 10.8. The lowest BCUT2D eigenvalue weighted by Crippen LogP contribution is -2.21. The number of aromatic nitrogens is 2. The van der Waals surface area contributed by atoms with E-state index in [2.05, 4.69) is 20.5 Å². The molecule has 0 bridgehead atoms. The molecule has 2 aromatic carbocycles. The predicted octanol–water partition coefficient (Wildman–Crippen LogP) is 2.69. The molecule has 0 saturated heterocycles. The lowest BCUT2D eigenvalue weighted by Gasteiger charge is -2.02. The van der Waals surface area contributed by atoms with Crippen molar-refractivity contribution in [3.8, 4) is 22.9 Å². The first kappa shape index (κ1) is 14.0. The van der Waals surface area contributed by atoms with Gasteiger partial charge in [0.15, 0.2) is 0 Å². The van der Waals surface area contributed by atoms with E-state index in [1.54, 1.807) is 24.3 Å². The fourth-order valence-electron chi connectivity index (χ4n) is 1.95. The molecule has 0 aliphatic carbocycles. The number of rotatable bonds is 4.